The quantitative estimate of drug-likeness (QED) is 0.736. The Morgan fingerprint density at radius 1 is 1.33 bits per heavy atom. The van der Waals surface area contributed by atoms with Crippen molar-refractivity contribution in [3.8, 4) is 0 Å². The zero-order chi connectivity index (χ0) is 13.1. The van der Waals surface area contributed by atoms with Crippen LogP contribution in [0.1, 0.15) is 18.4 Å². The molecule has 5 heteroatoms. The number of hydrogen-bond acceptors (Lipinski definition) is 4. The van der Waals surface area contributed by atoms with Crippen LogP contribution in [0.2, 0.25) is 0 Å². The van der Waals surface area contributed by atoms with Crippen molar-refractivity contribution < 1.29 is 14.3 Å². The predicted molar refractivity (Wildman–Crippen MR) is 66.0 cm³/mol. The third-order valence-corrected chi connectivity index (χ3v) is 2.87. The van der Waals surface area contributed by atoms with Gasteiger partial charge < -0.3 is 4.74 Å². The fourth-order valence-electron chi connectivity index (χ4n) is 1.94. The number of hydrazone groups is 1. The van der Waals surface area contributed by atoms with Gasteiger partial charge in [-0.3, -0.25) is 4.79 Å². The van der Waals surface area contributed by atoms with E-state index in [-0.39, 0.29) is 17.5 Å². The summed E-state index contributed by atoms with van der Waals surface area (Å²) in [5, 5.41) is 5.34. The molecule has 0 N–H and O–H groups in total. The molecule has 1 atom stereocenters. The Kier molecular flexibility index (Phi) is 3.41. The maximum atomic E-state index is 11.7. The summed E-state index contributed by atoms with van der Waals surface area (Å²) in [6.07, 6.45) is 0. The Labute approximate surface area is 105 Å². The second-order valence-corrected chi connectivity index (χ2v) is 4.04. The third kappa shape index (κ3) is 2.25. The summed E-state index contributed by atoms with van der Waals surface area (Å²) in [7, 11) is 1.31. The highest BCUT2D eigenvalue weighted by Gasteiger charge is 2.34. The van der Waals surface area contributed by atoms with Gasteiger partial charge in [0.2, 0.25) is 5.91 Å². The van der Waals surface area contributed by atoms with Gasteiger partial charge in [-0.1, -0.05) is 30.3 Å². The molecule has 1 aliphatic rings. The molecule has 0 aliphatic carbocycles. The summed E-state index contributed by atoms with van der Waals surface area (Å²) in [6, 6.07) is 9.50. The van der Waals surface area contributed by atoms with Crippen LogP contribution < -0.4 is 0 Å². The van der Waals surface area contributed by atoms with E-state index < -0.39 is 5.97 Å². The van der Waals surface area contributed by atoms with Crippen molar-refractivity contribution >= 4 is 17.6 Å². The van der Waals surface area contributed by atoms with Gasteiger partial charge >= 0.3 is 5.97 Å². The van der Waals surface area contributed by atoms with Gasteiger partial charge in [0.05, 0.1) is 19.6 Å². The maximum Gasteiger partial charge on any atom is 0.354 e. The lowest BCUT2D eigenvalue weighted by molar-refractivity contribution is -0.132. The SMILES string of the molecule is COC(=O)C1=NN(C(C)=O)C[C@H]1c1ccccc1. The van der Waals surface area contributed by atoms with E-state index in [4.69, 9.17) is 4.74 Å². The molecule has 0 saturated heterocycles. The first-order valence-corrected chi connectivity index (χ1v) is 5.63. The lowest BCUT2D eigenvalue weighted by Gasteiger charge is -2.12. The van der Waals surface area contributed by atoms with E-state index in [1.807, 2.05) is 30.3 Å². The smallest absolute Gasteiger partial charge is 0.354 e. The number of nitrogens with zero attached hydrogens (tertiary/aromatic N) is 2. The lowest BCUT2D eigenvalue weighted by atomic mass is 9.95. The Morgan fingerprint density at radius 3 is 2.56 bits per heavy atom. The van der Waals surface area contributed by atoms with Crippen LogP contribution in [-0.4, -0.2) is 36.3 Å². The third-order valence-electron chi connectivity index (χ3n) is 2.87. The van der Waals surface area contributed by atoms with Crippen LogP contribution in [0.15, 0.2) is 35.4 Å². The summed E-state index contributed by atoms with van der Waals surface area (Å²) < 4.78 is 4.71. The molecule has 0 saturated carbocycles. The molecule has 0 radical (unpaired) electrons. The Balaban J connectivity index is 2.33. The number of benzene rings is 1. The molecule has 0 unspecified atom stereocenters. The van der Waals surface area contributed by atoms with Gasteiger partial charge in [-0.2, -0.15) is 5.10 Å². The number of esters is 1. The minimum absolute atomic E-state index is 0.185. The van der Waals surface area contributed by atoms with Crippen LogP contribution >= 0.6 is 0 Å². The number of rotatable bonds is 2. The lowest BCUT2D eigenvalue weighted by Crippen LogP contribution is -2.24. The van der Waals surface area contributed by atoms with Gasteiger partial charge in [-0.15, -0.1) is 0 Å². The number of carbonyl (C=O) groups is 2. The topological polar surface area (TPSA) is 59.0 Å². The van der Waals surface area contributed by atoms with E-state index in [2.05, 4.69) is 5.10 Å². The molecule has 1 aliphatic heterocycles. The van der Waals surface area contributed by atoms with Crippen LogP contribution in [0.5, 0.6) is 0 Å². The van der Waals surface area contributed by atoms with Gasteiger partial charge in [0.15, 0.2) is 5.71 Å². The van der Waals surface area contributed by atoms with Crippen molar-refractivity contribution in [2.45, 2.75) is 12.8 Å². The highest BCUT2D eigenvalue weighted by atomic mass is 16.5. The van der Waals surface area contributed by atoms with Crippen molar-refractivity contribution in [3.05, 3.63) is 35.9 Å². The molecule has 94 valence electrons. The second-order valence-electron chi connectivity index (χ2n) is 4.04. The van der Waals surface area contributed by atoms with E-state index in [0.29, 0.717) is 6.54 Å². The van der Waals surface area contributed by atoms with Crippen LogP contribution in [0, 0.1) is 0 Å². The van der Waals surface area contributed by atoms with Gasteiger partial charge in [0.25, 0.3) is 0 Å². The van der Waals surface area contributed by atoms with Crippen LogP contribution in [0.3, 0.4) is 0 Å². The monoisotopic (exact) mass is 246 g/mol. The Morgan fingerprint density at radius 2 is 2.00 bits per heavy atom. The molecular weight excluding hydrogens is 232 g/mol. The van der Waals surface area contributed by atoms with E-state index >= 15 is 0 Å². The van der Waals surface area contributed by atoms with E-state index in [9.17, 15) is 9.59 Å². The van der Waals surface area contributed by atoms with Crippen LogP contribution in [0.4, 0.5) is 0 Å². The average molecular weight is 246 g/mol. The minimum Gasteiger partial charge on any atom is -0.464 e. The fraction of sp³-hybridized carbons (Fsp3) is 0.308. The van der Waals surface area contributed by atoms with E-state index in [1.54, 1.807) is 0 Å². The minimum atomic E-state index is -0.493. The molecule has 1 aromatic rings. The summed E-state index contributed by atoms with van der Waals surface area (Å²) >= 11 is 0. The Hall–Kier alpha value is -2.17. The molecule has 0 spiro atoms. The first-order valence-electron chi connectivity index (χ1n) is 5.63. The molecule has 2 rings (SSSR count). The molecule has 0 aromatic heterocycles. The molecule has 0 bridgehead atoms. The normalized spacial score (nSPS) is 18.4. The maximum absolute atomic E-state index is 11.7. The molecular formula is C13H14N2O3. The number of carbonyl (C=O) groups excluding carboxylic acids is 2. The largest absolute Gasteiger partial charge is 0.464 e. The fourth-order valence-corrected chi connectivity index (χ4v) is 1.94. The average Bonchev–Trinajstić information content (AvgIpc) is 2.84. The summed E-state index contributed by atoms with van der Waals surface area (Å²) in [4.78, 5) is 23.0. The predicted octanol–water partition coefficient (Wildman–Crippen LogP) is 1.16. The standard InChI is InChI=1S/C13H14N2O3/c1-9(16)15-8-11(10-6-4-3-5-7-10)12(14-15)13(17)18-2/h3-7,11H,8H2,1-2H3/t11-/m0/s1. The van der Waals surface area contributed by atoms with Gasteiger partial charge in [-0.05, 0) is 5.56 Å². The van der Waals surface area contributed by atoms with Crippen molar-refractivity contribution in [2.24, 2.45) is 5.10 Å². The Bertz CT molecular complexity index is 496. The highest BCUT2D eigenvalue weighted by molar-refractivity contribution is 6.39. The number of hydrogen-bond donors (Lipinski definition) is 0. The van der Waals surface area contributed by atoms with Crippen molar-refractivity contribution in [3.63, 3.8) is 0 Å². The summed E-state index contributed by atoms with van der Waals surface area (Å²) in [6.45, 7) is 1.80. The number of methoxy groups -OCH3 is 1. The molecule has 1 heterocycles. The van der Waals surface area contributed by atoms with Crippen molar-refractivity contribution in [2.75, 3.05) is 13.7 Å². The number of amides is 1. The van der Waals surface area contributed by atoms with Gasteiger partial charge in [0, 0.05) is 6.92 Å². The molecule has 0 fully saturated rings. The first-order chi connectivity index (χ1) is 8.63. The second kappa shape index (κ2) is 5.00. The molecule has 1 amide bonds. The molecule has 1 aromatic carbocycles. The van der Waals surface area contributed by atoms with Gasteiger partial charge in [-0.25, -0.2) is 9.80 Å². The first kappa shape index (κ1) is 12.3. The van der Waals surface area contributed by atoms with E-state index in [1.165, 1.54) is 19.0 Å². The highest BCUT2D eigenvalue weighted by Crippen LogP contribution is 2.25. The van der Waals surface area contributed by atoms with Crippen molar-refractivity contribution in [1.82, 2.24) is 5.01 Å². The van der Waals surface area contributed by atoms with Gasteiger partial charge in [0.1, 0.15) is 0 Å². The zero-order valence-electron chi connectivity index (χ0n) is 10.3. The molecule has 18 heavy (non-hydrogen) atoms. The zero-order valence-corrected chi connectivity index (χ0v) is 10.3. The summed E-state index contributed by atoms with van der Waals surface area (Å²) in [5.74, 6) is -0.898. The van der Waals surface area contributed by atoms with E-state index in [0.717, 1.165) is 5.56 Å². The van der Waals surface area contributed by atoms with Crippen LogP contribution in [-0.2, 0) is 14.3 Å². The van der Waals surface area contributed by atoms with Crippen molar-refractivity contribution in [1.29, 1.82) is 0 Å². The molecule has 5 nitrogen and oxygen atoms in total. The number of ether oxygens (including phenoxy) is 1. The van der Waals surface area contributed by atoms with Crippen LogP contribution in [0.25, 0.3) is 0 Å². The summed E-state index contributed by atoms with van der Waals surface area (Å²) in [5.41, 5.74) is 1.23.